The smallest absolute Gasteiger partial charge is 0.234 e. The average Bonchev–Trinajstić information content (AvgIpc) is 2.89. The summed E-state index contributed by atoms with van der Waals surface area (Å²) in [6.45, 7) is 9.89. The molecule has 1 aromatic carbocycles. The minimum atomic E-state index is -0.237. The van der Waals surface area contributed by atoms with E-state index in [0.29, 0.717) is 15.9 Å². The minimum Gasteiger partial charge on any atom is -0.324 e. The lowest BCUT2D eigenvalue weighted by molar-refractivity contribution is -0.113. The van der Waals surface area contributed by atoms with Gasteiger partial charge < -0.3 is 5.32 Å². The van der Waals surface area contributed by atoms with Crippen molar-refractivity contribution in [3.05, 3.63) is 28.3 Å². The van der Waals surface area contributed by atoms with Crippen molar-refractivity contribution in [2.45, 2.75) is 45.3 Å². The van der Waals surface area contributed by atoms with E-state index < -0.39 is 0 Å². The molecule has 0 bridgehead atoms. The first kappa shape index (κ1) is 17.7. The average molecular weight is 354 g/mol. The number of benzene rings is 1. The second-order valence-corrected chi connectivity index (χ2v) is 7.67. The molecule has 1 aromatic heterocycles. The summed E-state index contributed by atoms with van der Waals surface area (Å²) in [7, 11) is 0. The summed E-state index contributed by atoms with van der Waals surface area (Å²) >= 11 is 7.50. The Balaban J connectivity index is 2.03. The highest BCUT2D eigenvalue weighted by atomic mass is 35.5. The van der Waals surface area contributed by atoms with E-state index in [1.54, 1.807) is 4.68 Å². The maximum absolute atomic E-state index is 12.2. The van der Waals surface area contributed by atoms with Crippen LogP contribution in [0.3, 0.4) is 0 Å². The molecule has 0 saturated carbocycles. The molecule has 1 N–H and O–H groups in total. The van der Waals surface area contributed by atoms with E-state index in [-0.39, 0.29) is 17.2 Å². The Labute approximate surface area is 145 Å². The van der Waals surface area contributed by atoms with Gasteiger partial charge in [0.1, 0.15) is 0 Å². The SMILES string of the molecule is Cc1cc(C)c(NC(=O)CSc2nnnn2C(C)(C)C)c(Cl)c1. The lowest BCUT2D eigenvalue weighted by atomic mass is 10.1. The van der Waals surface area contributed by atoms with Crippen LogP contribution >= 0.6 is 23.4 Å². The van der Waals surface area contributed by atoms with Crippen molar-refractivity contribution in [2.24, 2.45) is 0 Å². The van der Waals surface area contributed by atoms with Gasteiger partial charge in [0, 0.05) is 0 Å². The topological polar surface area (TPSA) is 72.7 Å². The molecule has 8 heteroatoms. The maximum atomic E-state index is 12.2. The van der Waals surface area contributed by atoms with E-state index >= 15 is 0 Å². The summed E-state index contributed by atoms with van der Waals surface area (Å²) in [6.07, 6.45) is 0. The number of rotatable bonds is 4. The fourth-order valence-electron chi connectivity index (χ4n) is 2.07. The number of carbonyl (C=O) groups excluding carboxylic acids is 1. The Morgan fingerprint density at radius 1 is 1.35 bits per heavy atom. The molecule has 124 valence electrons. The number of amides is 1. The largest absolute Gasteiger partial charge is 0.324 e. The Morgan fingerprint density at radius 2 is 2.04 bits per heavy atom. The number of nitrogens with zero attached hydrogens (tertiary/aromatic N) is 4. The fraction of sp³-hybridized carbons (Fsp3) is 0.467. The van der Waals surface area contributed by atoms with Gasteiger partial charge in [-0.3, -0.25) is 4.79 Å². The normalized spacial score (nSPS) is 11.6. The van der Waals surface area contributed by atoms with Gasteiger partial charge in [-0.15, -0.1) is 5.10 Å². The molecule has 2 aromatic rings. The number of hydrogen-bond donors (Lipinski definition) is 1. The van der Waals surface area contributed by atoms with Crippen molar-refractivity contribution in [2.75, 3.05) is 11.1 Å². The Kier molecular flexibility index (Phi) is 5.31. The predicted molar refractivity (Wildman–Crippen MR) is 93.1 cm³/mol. The van der Waals surface area contributed by atoms with Crippen molar-refractivity contribution in [3.8, 4) is 0 Å². The van der Waals surface area contributed by atoms with Crippen molar-refractivity contribution < 1.29 is 4.79 Å². The Bertz CT molecular complexity index is 700. The number of aryl methyl sites for hydroxylation is 2. The molecule has 2 rings (SSSR count). The molecule has 0 fully saturated rings. The van der Waals surface area contributed by atoms with Gasteiger partial charge in [0.25, 0.3) is 0 Å². The number of anilines is 1. The predicted octanol–water partition coefficient (Wildman–Crippen LogP) is 3.43. The molecular formula is C15H20ClN5OS. The molecule has 1 heterocycles. The van der Waals surface area contributed by atoms with E-state index in [1.165, 1.54) is 11.8 Å². The third-order valence-electron chi connectivity index (χ3n) is 3.10. The van der Waals surface area contributed by atoms with Crippen LogP contribution in [-0.2, 0) is 10.3 Å². The number of hydrogen-bond acceptors (Lipinski definition) is 5. The molecule has 6 nitrogen and oxygen atoms in total. The van der Waals surface area contributed by atoms with Crippen LogP contribution in [0.25, 0.3) is 0 Å². The molecule has 0 unspecified atom stereocenters. The van der Waals surface area contributed by atoms with Crippen LogP contribution in [0.5, 0.6) is 0 Å². The van der Waals surface area contributed by atoms with Crippen molar-refractivity contribution in [1.29, 1.82) is 0 Å². The summed E-state index contributed by atoms with van der Waals surface area (Å²) < 4.78 is 1.70. The van der Waals surface area contributed by atoms with Crippen LogP contribution in [0.2, 0.25) is 5.02 Å². The van der Waals surface area contributed by atoms with Crippen molar-refractivity contribution >= 4 is 35.0 Å². The van der Waals surface area contributed by atoms with E-state index in [9.17, 15) is 4.79 Å². The first-order valence-electron chi connectivity index (χ1n) is 7.16. The van der Waals surface area contributed by atoms with Gasteiger partial charge in [-0.1, -0.05) is 29.4 Å². The van der Waals surface area contributed by atoms with Gasteiger partial charge in [-0.05, 0) is 62.2 Å². The van der Waals surface area contributed by atoms with E-state index in [4.69, 9.17) is 11.6 Å². The van der Waals surface area contributed by atoms with Crippen LogP contribution in [-0.4, -0.2) is 31.9 Å². The van der Waals surface area contributed by atoms with Crippen LogP contribution < -0.4 is 5.32 Å². The highest BCUT2D eigenvalue weighted by Gasteiger charge is 2.20. The zero-order valence-corrected chi connectivity index (χ0v) is 15.4. The van der Waals surface area contributed by atoms with Gasteiger partial charge >= 0.3 is 0 Å². The highest BCUT2D eigenvalue weighted by Crippen LogP contribution is 2.28. The maximum Gasteiger partial charge on any atom is 0.234 e. The first-order chi connectivity index (χ1) is 10.7. The van der Waals surface area contributed by atoms with Crippen LogP contribution in [0.15, 0.2) is 17.3 Å². The van der Waals surface area contributed by atoms with E-state index in [0.717, 1.165) is 11.1 Å². The molecule has 1 amide bonds. The van der Waals surface area contributed by atoms with Gasteiger partial charge in [0.15, 0.2) is 0 Å². The number of halogens is 1. The number of carbonyl (C=O) groups is 1. The van der Waals surface area contributed by atoms with Gasteiger partial charge in [0.2, 0.25) is 11.1 Å². The molecule has 0 atom stereocenters. The van der Waals surface area contributed by atoms with Crippen molar-refractivity contribution in [3.63, 3.8) is 0 Å². The summed E-state index contributed by atoms with van der Waals surface area (Å²) in [5.74, 6) is 0.0624. The third kappa shape index (κ3) is 4.45. The molecule has 0 radical (unpaired) electrons. The van der Waals surface area contributed by atoms with Crippen LogP contribution in [0, 0.1) is 13.8 Å². The summed E-state index contributed by atoms with van der Waals surface area (Å²) in [6, 6.07) is 3.81. The molecule has 0 saturated heterocycles. The van der Waals surface area contributed by atoms with Gasteiger partial charge in [-0.25, -0.2) is 4.68 Å². The highest BCUT2D eigenvalue weighted by molar-refractivity contribution is 7.99. The molecule has 0 aliphatic heterocycles. The lowest BCUT2D eigenvalue weighted by Gasteiger charge is -2.19. The quantitative estimate of drug-likeness (QED) is 0.852. The molecule has 0 aliphatic carbocycles. The lowest BCUT2D eigenvalue weighted by Crippen LogP contribution is -2.24. The summed E-state index contributed by atoms with van der Waals surface area (Å²) in [4.78, 5) is 12.2. The first-order valence-corrected chi connectivity index (χ1v) is 8.53. The van der Waals surface area contributed by atoms with E-state index in [1.807, 2.05) is 46.8 Å². The van der Waals surface area contributed by atoms with Gasteiger partial charge in [-0.2, -0.15) is 0 Å². The molecule has 0 spiro atoms. The second kappa shape index (κ2) is 6.88. The Morgan fingerprint density at radius 3 is 2.65 bits per heavy atom. The number of nitrogens with one attached hydrogen (secondary N) is 1. The van der Waals surface area contributed by atoms with Crippen LogP contribution in [0.1, 0.15) is 31.9 Å². The third-order valence-corrected chi connectivity index (χ3v) is 4.32. The van der Waals surface area contributed by atoms with E-state index in [2.05, 4.69) is 20.8 Å². The number of aromatic nitrogens is 4. The zero-order chi connectivity index (χ0) is 17.2. The minimum absolute atomic E-state index is 0.146. The summed E-state index contributed by atoms with van der Waals surface area (Å²) in [5.41, 5.74) is 2.41. The standard InChI is InChI=1S/C15H20ClN5OS/c1-9-6-10(2)13(11(16)7-9)17-12(22)8-23-14-18-19-20-21(14)15(3,4)5/h6-7H,8H2,1-5H3,(H,17,22). The number of thioether (sulfide) groups is 1. The fourth-order valence-corrected chi connectivity index (χ4v) is 3.30. The Hall–Kier alpha value is -1.60. The monoisotopic (exact) mass is 353 g/mol. The zero-order valence-electron chi connectivity index (χ0n) is 13.8. The second-order valence-electron chi connectivity index (χ2n) is 6.32. The molecule has 23 heavy (non-hydrogen) atoms. The summed E-state index contributed by atoms with van der Waals surface area (Å²) in [5, 5.41) is 15.6. The van der Waals surface area contributed by atoms with Gasteiger partial charge in [0.05, 0.1) is 22.0 Å². The molecule has 0 aliphatic rings. The van der Waals surface area contributed by atoms with Crippen molar-refractivity contribution in [1.82, 2.24) is 20.2 Å². The van der Waals surface area contributed by atoms with Crippen LogP contribution in [0.4, 0.5) is 5.69 Å². The molecular weight excluding hydrogens is 334 g/mol. The number of tetrazole rings is 1.